The number of hydrogen-bond donors (Lipinski definition) is 0. The van der Waals surface area contributed by atoms with Crippen molar-refractivity contribution in [2.45, 2.75) is 11.8 Å². The lowest BCUT2D eigenvalue weighted by Gasteiger charge is -2.04. The van der Waals surface area contributed by atoms with Gasteiger partial charge in [0.05, 0.1) is 12.7 Å². The summed E-state index contributed by atoms with van der Waals surface area (Å²) in [6, 6.07) is 7.03. The lowest BCUT2D eigenvalue weighted by atomic mass is 10.2. The summed E-state index contributed by atoms with van der Waals surface area (Å²) in [5.74, 6) is -0.387. The molecule has 0 fully saturated rings. The standard InChI is InChI=1S/C10H10O3S2/c1-7(11)14-15-9-6-4-3-5-8(9)10(12)13-2/h3-6H,1-2H3. The van der Waals surface area contributed by atoms with Crippen molar-refractivity contribution >= 4 is 32.7 Å². The Morgan fingerprint density at radius 2 is 1.93 bits per heavy atom. The van der Waals surface area contributed by atoms with Gasteiger partial charge in [-0.1, -0.05) is 12.1 Å². The summed E-state index contributed by atoms with van der Waals surface area (Å²) in [5.41, 5.74) is 0.485. The smallest absolute Gasteiger partial charge is 0.339 e. The van der Waals surface area contributed by atoms with Gasteiger partial charge in [0.25, 0.3) is 0 Å². The summed E-state index contributed by atoms with van der Waals surface area (Å²) in [6.45, 7) is 1.48. The van der Waals surface area contributed by atoms with E-state index in [0.717, 1.165) is 15.7 Å². The number of carbonyl (C=O) groups is 2. The zero-order valence-electron chi connectivity index (χ0n) is 8.35. The van der Waals surface area contributed by atoms with E-state index in [-0.39, 0.29) is 11.1 Å². The van der Waals surface area contributed by atoms with Crippen LogP contribution < -0.4 is 0 Å². The van der Waals surface area contributed by atoms with Crippen molar-refractivity contribution in [2.75, 3.05) is 7.11 Å². The second kappa shape index (κ2) is 5.82. The minimum absolute atomic E-state index is 0.000307. The Labute approximate surface area is 96.0 Å². The molecule has 0 aliphatic heterocycles. The van der Waals surface area contributed by atoms with Crippen LogP contribution in [0.4, 0.5) is 0 Å². The van der Waals surface area contributed by atoms with Crippen molar-refractivity contribution in [1.29, 1.82) is 0 Å². The van der Waals surface area contributed by atoms with Crippen LogP contribution in [0.3, 0.4) is 0 Å². The van der Waals surface area contributed by atoms with Gasteiger partial charge in [0, 0.05) is 11.8 Å². The van der Waals surface area contributed by atoms with Gasteiger partial charge in [-0.2, -0.15) is 0 Å². The van der Waals surface area contributed by atoms with Crippen LogP contribution in [0.5, 0.6) is 0 Å². The number of esters is 1. The summed E-state index contributed by atoms with van der Waals surface area (Å²) in [6.07, 6.45) is 0. The third kappa shape index (κ3) is 3.60. The van der Waals surface area contributed by atoms with E-state index in [4.69, 9.17) is 0 Å². The maximum Gasteiger partial charge on any atom is 0.339 e. The number of ether oxygens (including phenoxy) is 1. The van der Waals surface area contributed by atoms with E-state index in [1.54, 1.807) is 18.2 Å². The van der Waals surface area contributed by atoms with Gasteiger partial charge in [0.15, 0.2) is 5.12 Å². The second-order valence-corrected chi connectivity index (χ2v) is 4.99. The molecule has 0 radical (unpaired) electrons. The van der Waals surface area contributed by atoms with Crippen LogP contribution in [-0.4, -0.2) is 18.2 Å². The first kappa shape index (κ1) is 12.1. The van der Waals surface area contributed by atoms with Gasteiger partial charge >= 0.3 is 5.97 Å². The molecule has 3 nitrogen and oxygen atoms in total. The largest absolute Gasteiger partial charge is 0.465 e. The predicted octanol–water partition coefficient (Wildman–Crippen LogP) is 2.76. The van der Waals surface area contributed by atoms with Crippen molar-refractivity contribution < 1.29 is 14.3 Å². The molecule has 0 unspecified atom stereocenters. The normalized spacial score (nSPS) is 9.73. The molecule has 1 aromatic carbocycles. The highest BCUT2D eigenvalue weighted by molar-refractivity contribution is 8.82. The maximum absolute atomic E-state index is 11.3. The molecule has 1 aromatic rings. The molecule has 0 bridgehead atoms. The molecule has 0 aromatic heterocycles. The summed E-state index contributed by atoms with van der Waals surface area (Å²) in [4.78, 5) is 22.9. The lowest BCUT2D eigenvalue weighted by molar-refractivity contribution is -0.109. The van der Waals surface area contributed by atoms with E-state index in [0.29, 0.717) is 5.56 Å². The SMILES string of the molecule is COC(=O)c1ccccc1SSC(C)=O. The Kier molecular flexibility index (Phi) is 4.71. The zero-order chi connectivity index (χ0) is 11.3. The topological polar surface area (TPSA) is 43.4 Å². The molecule has 80 valence electrons. The predicted molar refractivity (Wildman–Crippen MR) is 61.9 cm³/mol. The Hall–Kier alpha value is -0.940. The Bertz CT molecular complexity index is 377. The number of carbonyl (C=O) groups excluding carboxylic acids is 2. The molecule has 1 rings (SSSR count). The minimum atomic E-state index is -0.387. The molecule has 0 N–H and O–H groups in total. The first-order valence-electron chi connectivity index (χ1n) is 4.17. The van der Waals surface area contributed by atoms with E-state index >= 15 is 0 Å². The van der Waals surface area contributed by atoms with Crippen LogP contribution in [0, 0.1) is 0 Å². The molecule has 0 aliphatic rings. The third-order valence-electron chi connectivity index (χ3n) is 1.54. The van der Waals surface area contributed by atoms with Gasteiger partial charge in [-0.05, 0) is 33.7 Å². The maximum atomic E-state index is 11.3. The average Bonchev–Trinajstić information content (AvgIpc) is 2.25. The summed E-state index contributed by atoms with van der Waals surface area (Å²) in [7, 11) is 3.70. The van der Waals surface area contributed by atoms with Crippen LogP contribution in [0.15, 0.2) is 29.2 Å². The monoisotopic (exact) mass is 242 g/mol. The van der Waals surface area contributed by atoms with E-state index in [2.05, 4.69) is 4.74 Å². The number of benzene rings is 1. The molecule has 0 amide bonds. The van der Waals surface area contributed by atoms with Crippen molar-refractivity contribution in [3.05, 3.63) is 29.8 Å². The molecule has 5 heteroatoms. The Morgan fingerprint density at radius 1 is 1.27 bits per heavy atom. The molecule has 0 heterocycles. The van der Waals surface area contributed by atoms with E-state index < -0.39 is 0 Å². The fourth-order valence-electron chi connectivity index (χ4n) is 0.921. The van der Waals surface area contributed by atoms with Gasteiger partial charge in [0.1, 0.15) is 0 Å². The Morgan fingerprint density at radius 3 is 2.53 bits per heavy atom. The highest BCUT2D eigenvalue weighted by Crippen LogP contribution is 2.33. The number of methoxy groups -OCH3 is 1. The molecule has 0 saturated heterocycles. The van der Waals surface area contributed by atoms with Crippen LogP contribution in [0.2, 0.25) is 0 Å². The third-order valence-corrected chi connectivity index (χ3v) is 3.89. The zero-order valence-corrected chi connectivity index (χ0v) is 9.98. The first-order valence-corrected chi connectivity index (χ1v) is 6.32. The molecule has 0 spiro atoms. The van der Waals surface area contributed by atoms with Crippen molar-refractivity contribution in [1.82, 2.24) is 0 Å². The summed E-state index contributed by atoms with van der Waals surface area (Å²) in [5, 5.41) is -0.000307. The quantitative estimate of drug-likeness (QED) is 0.602. The van der Waals surface area contributed by atoms with Gasteiger partial charge in [-0.15, -0.1) is 0 Å². The van der Waals surface area contributed by atoms with Crippen LogP contribution in [-0.2, 0) is 9.53 Å². The molecule has 0 atom stereocenters. The van der Waals surface area contributed by atoms with Crippen molar-refractivity contribution in [3.63, 3.8) is 0 Å². The average molecular weight is 242 g/mol. The fraction of sp³-hybridized carbons (Fsp3) is 0.200. The summed E-state index contributed by atoms with van der Waals surface area (Å²) < 4.78 is 4.64. The number of rotatable bonds is 3. The molecule has 15 heavy (non-hydrogen) atoms. The molecular formula is C10H10O3S2. The van der Waals surface area contributed by atoms with Crippen LogP contribution >= 0.6 is 21.6 Å². The van der Waals surface area contributed by atoms with E-state index in [1.807, 2.05) is 6.07 Å². The Balaban J connectivity index is 2.86. The number of hydrogen-bond acceptors (Lipinski definition) is 5. The van der Waals surface area contributed by atoms with Crippen molar-refractivity contribution in [2.24, 2.45) is 0 Å². The molecular weight excluding hydrogens is 232 g/mol. The van der Waals surface area contributed by atoms with E-state index in [9.17, 15) is 9.59 Å². The van der Waals surface area contributed by atoms with Crippen LogP contribution in [0.1, 0.15) is 17.3 Å². The highest BCUT2D eigenvalue weighted by atomic mass is 33.1. The van der Waals surface area contributed by atoms with Gasteiger partial charge in [-0.25, -0.2) is 4.79 Å². The fourth-order valence-corrected chi connectivity index (χ4v) is 2.56. The highest BCUT2D eigenvalue weighted by Gasteiger charge is 2.11. The van der Waals surface area contributed by atoms with E-state index in [1.165, 1.54) is 24.8 Å². The summed E-state index contributed by atoms with van der Waals surface area (Å²) >= 11 is 0. The molecule has 0 aliphatic carbocycles. The second-order valence-electron chi connectivity index (χ2n) is 2.65. The van der Waals surface area contributed by atoms with Crippen molar-refractivity contribution in [3.8, 4) is 0 Å². The first-order chi connectivity index (χ1) is 7.15. The van der Waals surface area contributed by atoms with Crippen LogP contribution in [0.25, 0.3) is 0 Å². The van der Waals surface area contributed by atoms with Gasteiger partial charge in [-0.3, -0.25) is 4.79 Å². The minimum Gasteiger partial charge on any atom is -0.465 e. The van der Waals surface area contributed by atoms with Gasteiger partial charge in [0.2, 0.25) is 0 Å². The van der Waals surface area contributed by atoms with Gasteiger partial charge < -0.3 is 4.74 Å². The molecule has 0 saturated carbocycles. The lowest BCUT2D eigenvalue weighted by Crippen LogP contribution is -2.02.